The minimum Gasteiger partial charge on any atom is -0.397 e. The number of rotatable bonds is 17. The first kappa shape index (κ1) is 41.1. The highest BCUT2D eigenvalue weighted by atomic mass is 16.7. The van der Waals surface area contributed by atoms with Gasteiger partial charge in [-0.3, -0.25) is 14.5 Å². The van der Waals surface area contributed by atoms with Crippen molar-refractivity contribution in [2.45, 2.75) is 70.4 Å². The fraction of sp³-hybridized carbons (Fsp3) is 0.240. The topological polar surface area (TPSA) is 126 Å². The maximum absolute atomic E-state index is 12.6. The maximum atomic E-state index is 12.6. The van der Waals surface area contributed by atoms with Gasteiger partial charge in [-0.1, -0.05) is 140 Å². The van der Waals surface area contributed by atoms with E-state index < -0.39 is 6.29 Å². The van der Waals surface area contributed by atoms with Gasteiger partial charge in [0.2, 0.25) is 11.8 Å². The fourth-order valence-corrected chi connectivity index (χ4v) is 7.40. The van der Waals surface area contributed by atoms with E-state index in [1.54, 1.807) is 12.1 Å². The van der Waals surface area contributed by atoms with Crippen molar-refractivity contribution in [2.75, 3.05) is 17.6 Å². The molecule has 302 valence electrons. The molecule has 1 aliphatic rings. The van der Waals surface area contributed by atoms with Crippen molar-refractivity contribution in [3.63, 3.8) is 0 Å². The molecule has 9 heteroatoms. The lowest BCUT2D eigenvalue weighted by Gasteiger charge is -2.38. The third-order valence-corrected chi connectivity index (χ3v) is 10.6. The van der Waals surface area contributed by atoms with Gasteiger partial charge in [-0.15, -0.1) is 0 Å². The van der Waals surface area contributed by atoms with Crippen molar-refractivity contribution in [1.29, 1.82) is 0 Å². The molecule has 0 aliphatic carbocycles. The van der Waals surface area contributed by atoms with Crippen molar-refractivity contribution in [3.8, 4) is 11.1 Å². The van der Waals surface area contributed by atoms with Gasteiger partial charge in [0.05, 0.1) is 30.2 Å². The highest BCUT2D eigenvalue weighted by molar-refractivity contribution is 5.94. The Morgan fingerprint density at radius 3 is 1.95 bits per heavy atom. The summed E-state index contributed by atoms with van der Waals surface area (Å²) < 4.78 is 13.5. The molecule has 0 radical (unpaired) electrons. The summed E-state index contributed by atoms with van der Waals surface area (Å²) in [6.07, 6.45) is 0.713. The summed E-state index contributed by atoms with van der Waals surface area (Å²) in [4.78, 5) is 27.4. The number of nitrogens with zero attached hydrogens (tertiary/aromatic N) is 1. The number of aliphatic hydroxyl groups excluding tert-OH is 1. The molecule has 3 unspecified atom stereocenters. The Hall–Kier alpha value is -6.10. The van der Waals surface area contributed by atoms with Gasteiger partial charge in [0, 0.05) is 51.0 Å². The van der Waals surface area contributed by atoms with Gasteiger partial charge >= 0.3 is 0 Å². The lowest BCUT2D eigenvalue weighted by molar-refractivity contribution is -0.253. The van der Waals surface area contributed by atoms with Crippen LogP contribution in [0.25, 0.3) is 11.1 Å². The van der Waals surface area contributed by atoms with E-state index in [2.05, 4.69) is 100 Å². The largest absolute Gasteiger partial charge is 0.397 e. The number of amides is 2. The lowest BCUT2D eigenvalue weighted by Crippen LogP contribution is -2.39. The molecule has 59 heavy (non-hydrogen) atoms. The molecular weight excluding hydrogens is 737 g/mol. The maximum Gasteiger partial charge on any atom is 0.224 e. The zero-order valence-corrected chi connectivity index (χ0v) is 33.2. The Balaban J connectivity index is 0.994. The number of aliphatic hydroxyl groups is 1. The second-order valence-electron chi connectivity index (χ2n) is 15.1. The number of ether oxygens (including phenoxy) is 2. The molecular formula is C50H52N4O5. The number of nitrogens with one attached hydrogen (secondary N) is 2. The standard InChI is InChI=1S/C50H52N4O5/c51-45-17-7-8-18-46(45)53-49(57)20-10-19-48(56)52-31-39-15-9-16-43(29-39)40-25-27-42(28-26-40)50-58-44(30-47(59-50)41-23-21-38(35-55)22-24-41)34-54(32-36-11-3-1-4-12-36)33-37-13-5-2-6-14-37/h1-9,11-18,21-29,44,47,50,55H,10,19-20,30-35,51H2,(H,52,56)(H,53,57). The number of anilines is 2. The number of benzene rings is 6. The molecule has 5 N–H and O–H groups in total. The summed E-state index contributed by atoms with van der Waals surface area (Å²) in [5, 5.41) is 15.5. The molecule has 9 nitrogen and oxygen atoms in total. The second kappa shape index (κ2) is 20.5. The Labute approximate surface area is 346 Å². The van der Waals surface area contributed by atoms with Crippen molar-refractivity contribution >= 4 is 23.2 Å². The van der Waals surface area contributed by atoms with Crippen molar-refractivity contribution in [1.82, 2.24) is 10.2 Å². The van der Waals surface area contributed by atoms with Crippen LogP contribution in [-0.4, -0.2) is 34.5 Å². The molecule has 0 saturated carbocycles. The molecule has 7 rings (SSSR count). The van der Waals surface area contributed by atoms with Crippen LogP contribution < -0.4 is 16.4 Å². The molecule has 1 saturated heterocycles. The Bertz CT molecular complexity index is 2210. The smallest absolute Gasteiger partial charge is 0.224 e. The predicted molar refractivity (Wildman–Crippen MR) is 232 cm³/mol. The number of carbonyl (C=O) groups is 2. The summed E-state index contributed by atoms with van der Waals surface area (Å²) in [5.41, 5.74) is 15.4. The van der Waals surface area contributed by atoms with Crippen molar-refractivity contribution < 1.29 is 24.2 Å². The van der Waals surface area contributed by atoms with Gasteiger partial charge in [-0.2, -0.15) is 0 Å². The Kier molecular flexibility index (Phi) is 14.3. The molecule has 0 spiro atoms. The SMILES string of the molecule is Nc1ccccc1NC(=O)CCCC(=O)NCc1cccc(-c2ccc(C3OC(CN(Cc4ccccc4)Cc4ccccc4)CC(c4ccc(CO)cc4)O3)cc2)c1. The average Bonchev–Trinajstić information content (AvgIpc) is 3.27. The molecule has 2 amide bonds. The number of para-hydroxylation sites is 2. The van der Waals surface area contributed by atoms with Gasteiger partial charge in [-0.05, 0) is 63.6 Å². The van der Waals surface area contributed by atoms with Crippen molar-refractivity contribution in [3.05, 3.63) is 191 Å². The number of carbonyl (C=O) groups excluding carboxylic acids is 2. The average molecular weight is 789 g/mol. The summed E-state index contributed by atoms with van der Waals surface area (Å²) in [6, 6.07) is 52.6. The van der Waals surface area contributed by atoms with E-state index in [1.807, 2.05) is 60.7 Å². The van der Waals surface area contributed by atoms with Crippen LogP contribution in [0.15, 0.2) is 158 Å². The zero-order chi connectivity index (χ0) is 40.8. The van der Waals surface area contributed by atoms with Gasteiger partial charge < -0.3 is 30.9 Å². The van der Waals surface area contributed by atoms with E-state index in [4.69, 9.17) is 15.2 Å². The summed E-state index contributed by atoms with van der Waals surface area (Å²) in [7, 11) is 0. The Morgan fingerprint density at radius 1 is 0.644 bits per heavy atom. The van der Waals surface area contributed by atoms with Crippen molar-refractivity contribution in [2.24, 2.45) is 0 Å². The first-order chi connectivity index (χ1) is 28.9. The first-order valence-corrected chi connectivity index (χ1v) is 20.3. The number of hydrogen-bond acceptors (Lipinski definition) is 7. The van der Waals surface area contributed by atoms with Crippen LogP contribution >= 0.6 is 0 Å². The predicted octanol–water partition coefficient (Wildman–Crippen LogP) is 9.10. The van der Waals surface area contributed by atoms with E-state index in [-0.39, 0.29) is 43.5 Å². The summed E-state index contributed by atoms with van der Waals surface area (Å²) in [5.74, 6) is -0.281. The minimum absolute atomic E-state index is 0.00796. The molecule has 1 heterocycles. The molecule has 6 aromatic rings. The van der Waals surface area contributed by atoms with Crippen LogP contribution in [0.1, 0.15) is 71.5 Å². The van der Waals surface area contributed by atoms with E-state index in [0.717, 1.165) is 53.0 Å². The van der Waals surface area contributed by atoms with Crippen LogP contribution in [-0.2, 0) is 45.3 Å². The Morgan fingerprint density at radius 2 is 1.27 bits per heavy atom. The molecule has 1 fully saturated rings. The number of nitrogens with two attached hydrogens (primary N) is 1. The highest BCUT2D eigenvalue weighted by Gasteiger charge is 2.33. The van der Waals surface area contributed by atoms with Crippen LogP contribution in [0.3, 0.4) is 0 Å². The van der Waals surface area contributed by atoms with E-state index >= 15 is 0 Å². The third kappa shape index (κ3) is 12.0. The first-order valence-electron chi connectivity index (χ1n) is 20.3. The van der Waals surface area contributed by atoms with Crippen LogP contribution in [0, 0.1) is 0 Å². The van der Waals surface area contributed by atoms with E-state index in [0.29, 0.717) is 30.8 Å². The third-order valence-electron chi connectivity index (χ3n) is 10.6. The monoisotopic (exact) mass is 788 g/mol. The van der Waals surface area contributed by atoms with Gasteiger partial charge in [0.25, 0.3) is 0 Å². The lowest BCUT2D eigenvalue weighted by atomic mass is 9.98. The molecule has 3 atom stereocenters. The van der Waals surface area contributed by atoms with Crippen LogP contribution in [0.2, 0.25) is 0 Å². The van der Waals surface area contributed by atoms with Gasteiger partial charge in [-0.25, -0.2) is 0 Å². The highest BCUT2D eigenvalue weighted by Crippen LogP contribution is 2.39. The van der Waals surface area contributed by atoms with E-state index in [1.165, 1.54) is 11.1 Å². The summed E-state index contributed by atoms with van der Waals surface area (Å²) in [6.45, 7) is 2.67. The molecule has 1 aliphatic heterocycles. The molecule has 0 aromatic heterocycles. The van der Waals surface area contributed by atoms with Gasteiger partial charge in [0.1, 0.15) is 0 Å². The van der Waals surface area contributed by atoms with Crippen LogP contribution in [0.4, 0.5) is 11.4 Å². The summed E-state index contributed by atoms with van der Waals surface area (Å²) >= 11 is 0. The fourth-order valence-electron chi connectivity index (χ4n) is 7.40. The normalized spacial score (nSPS) is 16.4. The second-order valence-corrected chi connectivity index (χ2v) is 15.1. The zero-order valence-electron chi connectivity index (χ0n) is 33.2. The quantitative estimate of drug-likeness (QED) is 0.0680. The molecule has 6 aromatic carbocycles. The minimum atomic E-state index is -0.579. The van der Waals surface area contributed by atoms with Crippen LogP contribution in [0.5, 0.6) is 0 Å². The number of hydrogen-bond donors (Lipinski definition) is 4. The number of nitrogen functional groups attached to an aromatic ring is 1. The van der Waals surface area contributed by atoms with E-state index in [9.17, 15) is 14.7 Å². The molecule has 0 bridgehead atoms. The van der Waals surface area contributed by atoms with Gasteiger partial charge in [0.15, 0.2) is 6.29 Å².